The molecule has 30 heavy (non-hydrogen) atoms. The van der Waals surface area contributed by atoms with Crippen LogP contribution in [-0.2, 0) is 14.8 Å². The van der Waals surface area contributed by atoms with Gasteiger partial charge in [-0.3, -0.25) is 25.2 Å². The predicted octanol–water partition coefficient (Wildman–Crippen LogP) is 0.662. The molecule has 1 aliphatic heterocycles. The van der Waals surface area contributed by atoms with Gasteiger partial charge in [0.15, 0.2) is 0 Å². The van der Waals surface area contributed by atoms with Crippen molar-refractivity contribution in [2.24, 2.45) is 0 Å². The maximum atomic E-state index is 12.5. The van der Waals surface area contributed by atoms with Crippen LogP contribution in [0.2, 0.25) is 0 Å². The van der Waals surface area contributed by atoms with Crippen molar-refractivity contribution in [3.8, 4) is 0 Å². The summed E-state index contributed by atoms with van der Waals surface area (Å²) in [5, 5.41) is 2.44. The van der Waals surface area contributed by atoms with Gasteiger partial charge in [0.25, 0.3) is 17.7 Å². The van der Waals surface area contributed by atoms with Crippen molar-refractivity contribution in [3.05, 3.63) is 65.7 Å². The highest BCUT2D eigenvalue weighted by Gasteiger charge is 2.27. The number of carbonyl (C=O) groups is 3. The van der Waals surface area contributed by atoms with Crippen LogP contribution in [-0.4, -0.2) is 50.1 Å². The molecule has 0 aliphatic carbocycles. The highest BCUT2D eigenvalue weighted by molar-refractivity contribution is 7.89. The number of hydrazine groups is 1. The minimum atomic E-state index is -3.55. The molecule has 0 atom stereocenters. The van der Waals surface area contributed by atoms with E-state index < -0.39 is 27.7 Å². The summed E-state index contributed by atoms with van der Waals surface area (Å²) in [6, 6.07) is 13.9. The fourth-order valence-corrected chi connectivity index (χ4v) is 4.47. The third-order valence-corrected chi connectivity index (χ3v) is 6.49. The standard InChI is InChI=1S/C20H22N4O5S/c25-18(14-21-19(26)15-6-2-1-3-7-15)22-23-20(27)16-8-10-17(11-9-16)30(28,29)24-12-4-5-13-24/h1-3,6-11H,4-5,12-14H2,(H,21,26)(H,22,25)(H,23,27). The molecule has 0 radical (unpaired) electrons. The van der Waals surface area contributed by atoms with Gasteiger partial charge in [0.05, 0.1) is 11.4 Å². The van der Waals surface area contributed by atoms with Gasteiger partial charge in [-0.05, 0) is 49.2 Å². The van der Waals surface area contributed by atoms with Gasteiger partial charge in [-0.25, -0.2) is 8.42 Å². The molecule has 0 unspecified atom stereocenters. The lowest BCUT2D eigenvalue weighted by Crippen LogP contribution is -2.46. The maximum absolute atomic E-state index is 12.5. The molecule has 9 nitrogen and oxygen atoms in total. The zero-order valence-electron chi connectivity index (χ0n) is 16.1. The Kier molecular flexibility index (Phi) is 6.80. The van der Waals surface area contributed by atoms with Crippen molar-refractivity contribution in [2.75, 3.05) is 19.6 Å². The quantitative estimate of drug-likeness (QED) is 0.581. The molecule has 3 N–H and O–H groups in total. The predicted molar refractivity (Wildman–Crippen MR) is 109 cm³/mol. The number of amides is 3. The Hall–Kier alpha value is -3.24. The van der Waals surface area contributed by atoms with Crippen molar-refractivity contribution in [3.63, 3.8) is 0 Å². The second-order valence-corrected chi connectivity index (χ2v) is 8.62. The number of sulfonamides is 1. The van der Waals surface area contributed by atoms with Crippen molar-refractivity contribution >= 4 is 27.7 Å². The molecule has 1 aliphatic rings. The first-order valence-corrected chi connectivity index (χ1v) is 10.8. The molecule has 0 bridgehead atoms. The molecule has 2 aromatic carbocycles. The SMILES string of the molecule is O=C(CNC(=O)c1ccccc1)NNC(=O)c1ccc(S(=O)(=O)N2CCCC2)cc1. The van der Waals surface area contributed by atoms with Crippen LogP contribution in [0.1, 0.15) is 33.6 Å². The third kappa shape index (κ3) is 5.22. The first-order chi connectivity index (χ1) is 14.4. The first-order valence-electron chi connectivity index (χ1n) is 9.40. The summed E-state index contributed by atoms with van der Waals surface area (Å²) in [6.07, 6.45) is 1.68. The molecule has 3 amide bonds. The van der Waals surface area contributed by atoms with Crippen LogP contribution >= 0.6 is 0 Å². The summed E-state index contributed by atoms with van der Waals surface area (Å²) in [4.78, 5) is 36.0. The van der Waals surface area contributed by atoms with Crippen LogP contribution in [0.15, 0.2) is 59.5 Å². The molecular formula is C20H22N4O5S. The smallest absolute Gasteiger partial charge is 0.269 e. The minimum Gasteiger partial charge on any atom is -0.343 e. The maximum Gasteiger partial charge on any atom is 0.269 e. The average Bonchev–Trinajstić information content (AvgIpc) is 3.32. The Labute approximate surface area is 174 Å². The van der Waals surface area contributed by atoms with E-state index in [1.807, 2.05) is 0 Å². The van der Waals surface area contributed by atoms with Crippen LogP contribution in [0.3, 0.4) is 0 Å². The van der Waals surface area contributed by atoms with E-state index in [1.165, 1.54) is 28.6 Å². The van der Waals surface area contributed by atoms with E-state index >= 15 is 0 Å². The number of nitrogens with one attached hydrogen (secondary N) is 3. The van der Waals surface area contributed by atoms with Gasteiger partial charge in [-0.2, -0.15) is 4.31 Å². The molecular weight excluding hydrogens is 408 g/mol. The molecule has 10 heteroatoms. The van der Waals surface area contributed by atoms with Crippen LogP contribution in [0, 0.1) is 0 Å². The van der Waals surface area contributed by atoms with E-state index in [1.54, 1.807) is 30.3 Å². The number of carbonyl (C=O) groups excluding carboxylic acids is 3. The molecule has 2 aromatic rings. The summed E-state index contributed by atoms with van der Waals surface area (Å²) in [5.74, 6) is -1.63. The molecule has 0 spiro atoms. The molecule has 0 aromatic heterocycles. The Morgan fingerprint density at radius 2 is 1.40 bits per heavy atom. The Morgan fingerprint density at radius 1 is 0.800 bits per heavy atom. The van der Waals surface area contributed by atoms with Crippen molar-refractivity contribution < 1.29 is 22.8 Å². The van der Waals surface area contributed by atoms with Gasteiger partial charge in [-0.1, -0.05) is 18.2 Å². The number of nitrogens with zero attached hydrogens (tertiary/aromatic N) is 1. The lowest BCUT2D eigenvalue weighted by atomic mass is 10.2. The van der Waals surface area contributed by atoms with Gasteiger partial charge in [0.2, 0.25) is 10.0 Å². The first kappa shape index (κ1) is 21.5. The van der Waals surface area contributed by atoms with E-state index in [0.29, 0.717) is 18.7 Å². The highest BCUT2D eigenvalue weighted by atomic mass is 32.2. The molecule has 3 rings (SSSR count). The molecule has 1 saturated heterocycles. The van der Waals surface area contributed by atoms with Crippen LogP contribution in [0.5, 0.6) is 0 Å². The van der Waals surface area contributed by atoms with Gasteiger partial charge in [0, 0.05) is 24.2 Å². The summed E-state index contributed by atoms with van der Waals surface area (Å²) >= 11 is 0. The van der Waals surface area contributed by atoms with E-state index in [4.69, 9.17) is 0 Å². The number of hydrogen-bond acceptors (Lipinski definition) is 5. The lowest BCUT2D eigenvalue weighted by molar-refractivity contribution is -0.120. The highest BCUT2D eigenvalue weighted by Crippen LogP contribution is 2.21. The topological polar surface area (TPSA) is 125 Å². The van der Waals surface area contributed by atoms with E-state index in [-0.39, 0.29) is 17.0 Å². The molecule has 158 valence electrons. The summed E-state index contributed by atoms with van der Waals surface area (Å²) in [6.45, 7) is 0.676. The summed E-state index contributed by atoms with van der Waals surface area (Å²) in [7, 11) is -3.55. The van der Waals surface area contributed by atoms with Crippen LogP contribution in [0.4, 0.5) is 0 Å². The van der Waals surface area contributed by atoms with Gasteiger partial charge >= 0.3 is 0 Å². The Balaban J connectivity index is 1.48. The van der Waals surface area contributed by atoms with Crippen molar-refractivity contribution in [1.29, 1.82) is 0 Å². The average molecular weight is 430 g/mol. The zero-order valence-corrected chi connectivity index (χ0v) is 16.9. The van der Waals surface area contributed by atoms with Crippen LogP contribution in [0.25, 0.3) is 0 Å². The van der Waals surface area contributed by atoms with Gasteiger partial charge in [0.1, 0.15) is 0 Å². The normalized spacial score (nSPS) is 14.1. The number of hydrogen-bond donors (Lipinski definition) is 3. The number of benzene rings is 2. The monoisotopic (exact) mass is 430 g/mol. The van der Waals surface area contributed by atoms with Gasteiger partial charge < -0.3 is 5.32 Å². The Morgan fingerprint density at radius 3 is 2.03 bits per heavy atom. The fourth-order valence-electron chi connectivity index (χ4n) is 2.95. The van der Waals surface area contributed by atoms with E-state index in [0.717, 1.165) is 12.8 Å². The van der Waals surface area contributed by atoms with E-state index in [9.17, 15) is 22.8 Å². The van der Waals surface area contributed by atoms with Gasteiger partial charge in [-0.15, -0.1) is 0 Å². The molecule has 1 fully saturated rings. The summed E-state index contributed by atoms with van der Waals surface area (Å²) < 4.78 is 26.4. The minimum absolute atomic E-state index is 0.119. The third-order valence-electron chi connectivity index (χ3n) is 4.58. The van der Waals surface area contributed by atoms with E-state index in [2.05, 4.69) is 16.2 Å². The van der Waals surface area contributed by atoms with Crippen molar-refractivity contribution in [2.45, 2.75) is 17.7 Å². The molecule has 1 heterocycles. The lowest BCUT2D eigenvalue weighted by Gasteiger charge is -2.15. The van der Waals surface area contributed by atoms with Crippen molar-refractivity contribution in [1.82, 2.24) is 20.5 Å². The zero-order chi connectivity index (χ0) is 21.6. The fraction of sp³-hybridized carbons (Fsp3) is 0.250. The second-order valence-electron chi connectivity index (χ2n) is 6.69. The number of rotatable bonds is 6. The second kappa shape index (κ2) is 9.51. The molecule has 0 saturated carbocycles. The van der Waals surface area contributed by atoms with Crippen LogP contribution < -0.4 is 16.2 Å². The Bertz CT molecular complexity index is 1020. The largest absolute Gasteiger partial charge is 0.343 e. The summed E-state index contributed by atoms with van der Waals surface area (Å²) in [5.41, 5.74) is 5.02.